The van der Waals surface area contributed by atoms with Crippen molar-refractivity contribution in [1.82, 2.24) is 5.32 Å². The minimum absolute atomic E-state index is 0.0991. The van der Waals surface area contributed by atoms with E-state index in [1.807, 2.05) is 6.07 Å². The molecule has 14 heavy (non-hydrogen) atoms. The van der Waals surface area contributed by atoms with Gasteiger partial charge in [0.25, 0.3) is 5.91 Å². The quantitative estimate of drug-likeness (QED) is 0.583. The lowest BCUT2D eigenvalue weighted by molar-refractivity contribution is 0.0937. The van der Waals surface area contributed by atoms with E-state index in [9.17, 15) is 4.79 Å². The third-order valence-electron chi connectivity index (χ3n) is 1.70. The van der Waals surface area contributed by atoms with E-state index >= 15 is 0 Å². The Labute approximate surface area is 88.9 Å². The average molecular weight is 211 g/mol. The summed E-state index contributed by atoms with van der Waals surface area (Å²) in [4.78, 5) is 12.3. The number of hydrogen-bond donors (Lipinski definition) is 2. The van der Waals surface area contributed by atoms with Crippen molar-refractivity contribution in [3.05, 3.63) is 29.8 Å². The lowest BCUT2D eigenvalue weighted by atomic mass is 10.2. The molecule has 0 saturated heterocycles. The van der Waals surface area contributed by atoms with Crippen LogP contribution in [0.1, 0.15) is 10.4 Å². The zero-order valence-electron chi connectivity index (χ0n) is 7.99. The number of benzene rings is 1. The van der Waals surface area contributed by atoms with Crippen molar-refractivity contribution in [3.63, 3.8) is 0 Å². The van der Waals surface area contributed by atoms with Gasteiger partial charge in [0.05, 0.1) is 6.61 Å². The van der Waals surface area contributed by atoms with Crippen LogP contribution in [0.5, 0.6) is 0 Å². The van der Waals surface area contributed by atoms with Crippen LogP contribution in [0.25, 0.3) is 0 Å². The van der Waals surface area contributed by atoms with Crippen molar-refractivity contribution in [2.45, 2.75) is 4.90 Å². The first kappa shape index (κ1) is 11.1. The highest BCUT2D eigenvalue weighted by Gasteiger charge is 2.03. The highest BCUT2D eigenvalue weighted by Crippen LogP contribution is 2.08. The van der Waals surface area contributed by atoms with E-state index in [0.717, 1.165) is 4.90 Å². The SMILES string of the molecule is COCCNC(=O)c1cccc(S)c1. The molecule has 0 spiro atoms. The maximum absolute atomic E-state index is 11.5. The van der Waals surface area contributed by atoms with Gasteiger partial charge in [0.2, 0.25) is 0 Å². The normalized spacial score (nSPS) is 9.86. The van der Waals surface area contributed by atoms with E-state index < -0.39 is 0 Å². The molecule has 4 heteroatoms. The van der Waals surface area contributed by atoms with Gasteiger partial charge in [0.1, 0.15) is 0 Å². The van der Waals surface area contributed by atoms with Gasteiger partial charge in [-0.25, -0.2) is 0 Å². The Kier molecular flexibility index (Phi) is 4.49. The maximum Gasteiger partial charge on any atom is 0.251 e. The van der Waals surface area contributed by atoms with Crippen molar-refractivity contribution in [1.29, 1.82) is 0 Å². The number of rotatable bonds is 4. The van der Waals surface area contributed by atoms with Crippen molar-refractivity contribution >= 4 is 18.5 Å². The minimum atomic E-state index is -0.0991. The predicted molar refractivity (Wildman–Crippen MR) is 57.9 cm³/mol. The molecule has 0 radical (unpaired) electrons. The molecule has 0 saturated carbocycles. The topological polar surface area (TPSA) is 38.3 Å². The molecule has 0 aliphatic heterocycles. The number of carbonyl (C=O) groups excluding carboxylic acids is 1. The van der Waals surface area contributed by atoms with Crippen LogP contribution in [0.15, 0.2) is 29.2 Å². The van der Waals surface area contributed by atoms with Gasteiger partial charge in [-0.15, -0.1) is 12.6 Å². The molecule has 0 aliphatic rings. The first-order chi connectivity index (χ1) is 6.74. The van der Waals surface area contributed by atoms with Crippen molar-refractivity contribution in [2.24, 2.45) is 0 Å². The zero-order chi connectivity index (χ0) is 10.4. The van der Waals surface area contributed by atoms with Gasteiger partial charge in [-0.2, -0.15) is 0 Å². The second-order valence-corrected chi connectivity index (χ2v) is 3.32. The number of methoxy groups -OCH3 is 1. The van der Waals surface area contributed by atoms with Gasteiger partial charge < -0.3 is 10.1 Å². The van der Waals surface area contributed by atoms with Crippen molar-refractivity contribution in [3.8, 4) is 0 Å². The van der Waals surface area contributed by atoms with E-state index in [1.54, 1.807) is 25.3 Å². The molecule has 3 nitrogen and oxygen atoms in total. The summed E-state index contributed by atoms with van der Waals surface area (Å²) in [6, 6.07) is 7.11. The Morgan fingerprint density at radius 2 is 2.36 bits per heavy atom. The van der Waals surface area contributed by atoms with Crippen LogP contribution in [0.2, 0.25) is 0 Å². The molecule has 0 aromatic heterocycles. The summed E-state index contributed by atoms with van der Waals surface area (Å²) < 4.78 is 4.82. The molecule has 0 bridgehead atoms. The van der Waals surface area contributed by atoms with Crippen LogP contribution in [0.3, 0.4) is 0 Å². The number of nitrogens with one attached hydrogen (secondary N) is 1. The first-order valence-electron chi connectivity index (χ1n) is 4.30. The van der Waals surface area contributed by atoms with E-state index in [2.05, 4.69) is 17.9 Å². The Morgan fingerprint density at radius 1 is 1.57 bits per heavy atom. The Hall–Kier alpha value is -1.00. The predicted octanol–water partition coefficient (Wildman–Crippen LogP) is 1.35. The van der Waals surface area contributed by atoms with E-state index in [0.29, 0.717) is 18.7 Å². The molecule has 0 heterocycles. The molecule has 1 aromatic carbocycles. The average Bonchev–Trinajstić information content (AvgIpc) is 2.18. The lowest BCUT2D eigenvalue weighted by Gasteiger charge is -2.04. The fourth-order valence-corrected chi connectivity index (χ4v) is 1.24. The fourth-order valence-electron chi connectivity index (χ4n) is 1.02. The van der Waals surface area contributed by atoms with Crippen molar-refractivity contribution < 1.29 is 9.53 Å². The zero-order valence-corrected chi connectivity index (χ0v) is 8.88. The van der Waals surface area contributed by atoms with Gasteiger partial charge in [-0.1, -0.05) is 6.07 Å². The number of thiol groups is 1. The third kappa shape index (κ3) is 3.40. The second-order valence-electron chi connectivity index (χ2n) is 2.80. The molecule has 1 N–H and O–H groups in total. The number of carbonyl (C=O) groups is 1. The van der Waals surface area contributed by atoms with Crippen LogP contribution in [-0.2, 0) is 4.74 Å². The summed E-state index contributed by atoms with van der Waals surface area (Å²) >= 11 is 4.15. The van der Waals surface area contributed by atoms with E-state index in [4.69, 9.17) is 4.74 Å². The lowest BCUT2D eigenvalue weighted by Crippen LogP contribution is -2.26. The summed E-state index contributed by atoms with van der Waals surface area (Å²) in [5.41, 5.74) is 0.619. The highest BCUT2D eigenvalue weighted by atomic mass is 32.1. The number of amides is 1. The van der Waals surface area contributed by atoms with Crippen LogP contribution in [0, 0.1) is 0 Å². The third-order valence-corrected chi connectivity index (χ3v) is 1.98. The van der Waals surface area contributed by atoms with Crippen LogP contribution in [0.4, 0.5) is 0 Å². The largest absolute Gasteiger partial charge is 0.383 e. The van der Waals surface area contributed by atoms with Crippen molar-refractivity contribution in [2.75, 3.05) is 20.3 Å². The second kappa shape index (κ2) is 5.67. The highest BCUT2D eigenvalue weighted by molar-refractivity contribution is 7.80. The molecule has 0 aliphatic carbocycles. The molecular formula is C10H13NO2S. The summed E-state index contributed by atoms with van der Waals surface area (Å²) in [7, 11) is 1.60. The molecule has 76 valence electrons. The van der Waals surface area contributed by atoms with Crippen LogP contribution in [-0.4, -0.2) is 26.2 Å². The van der Waals surface area contributed by atoms with Crippen LogP contribution < -0.4 is 5.32 Å². The summed E-state index contributed by atoms with van der Waals surface area (Å²) in [5.74, 6) is -0.0991. The van der Waals surface area contributed by atoms with Gasteiger partial charge >= 0.3 is 0 Å². The molecule has 0 fully saturated rings. The first-order valence-corrected chi connectivity index (χ1v) is 4.75. The minimum Gasteiger partial charge on any atom is -0.383 e. The molecular weight excluding hydrogens is 198 g/mol. The fraction of sp³-hybridized carbons (Fsp3) is 0.300. The standard InChI is InChI=1S/C10H13NO2S/c1-13-6-5-11-10(12)8-3-2-4-9(14)7-8/h2-4,7,14H,5-6H2,1H3,(H,11,12). The van der Waals surface area contributed by atoms with Gasteiger partial charge in [-0.3, -0.25) is 4.79 Å². The smallest absolute Gasteiger partial charge is 0.251 e. The Morgan fingerprint density at radius 3 is 3.00 bits per heavy atom. The monoisotopic (exact) mass is 211 g/mol. The van der Waals surface area contributed by atoms with Crippen LogP contribution >= 0.6 is 12.6 Å². The number of hydrogen-bond acceptors (Lipinski definition) is 3. The Balaban J connectivity index is 2.52. The summed E-state index contributed by atoms with van der Waals surface area (Å²) in [6.45, 7) is 1.04. The number of ether oxygens (including phenoxy) is 1. The Bertz CT molecular complexity index is 315. The molecule has 1 amide bonds. The van der Waals surface area contributed by atoms with E-state index in [1.165, 1.54) is 0 Å². The summed E-state index contributed by atoms with van der Waals surface area (Å²) in [6.07, 6.45) is 0. The molecule has 1 rings (SSSR count). The van der Waals surface area contributed by atoms with Gasteiger partial charge in [0, 0.05) is 24.1 Å². The summed E-state index contributed by atoms with van der Waals surface area (Å²) in [5, 5.41) is 2.73. The molecule has 0 atom stereocenters. The van der Waals surface area contributed by atoms with Gasteiger partial charge in [-0.05, 0) is 18.2 Å². The maximum atomic E-state index is 11.5. The van der Waals surface area contributed by atoms with E-state index in [-0.39, 0.29) is 5.91 Å². The van der Waals surface area contributed by atoms with Gasteiger partial charge in [0.15, 0.2) is 0 Å². The molecule has 0 unspecified atom stereocenters. The molecule has 1 aromatic rings.